The summed E-state index contributed by atoms with van der Waals surface area (Å²) < 4.78 is 37.9. The zero-order valence-electron chi connectivity index (χ0n) is 18.7. The predicted molar refractivity (Wildman–Crippen MR) is 125 cm³/mol. The Labute approximate surface area is 195 Å². The first-order valence-corrected chi connectivity index (χ1v) is 11.4. The molecule has 3 heterocycles. The maximum atomic E-state index is 12.6. The van der Waals surface area contributed by atoms with Gasteiger partial charge in [-0.1, -0.05) is 6.42 Å². The normalized spacial score (nSPS) is 14.8. The summed E-state index contributed by atoms with van der Waals surface area (Å²) in [7, 11) is 0. The van der Waals surface area contributed by atoms with Crippen molar-refractivity contribution >= 4 is 23.4 Å². The average molecular weight is 476 g/mol. The molecule has 0 unspecified atom stereocenters. The lowest BCUT2D eigenvalue weighted by molar-refractivity contribution is -0.115. The number of aromatic amines is 1. The number of halogens is 3. The van der Waals surface area contributed by atoms with Crippen LogP contribution < -0.4 is 16.0 Å². The number of fused-ring (bicyclic) bond motifs is 1. The van der Waals surface area contributed by atoms with E-state index in [9.17, 15) is 18.0 Å². The van der Waals surface area contributed by atoms with Crippen molar-refractivity contribution in [1.29, 1.82) is 0 Å². The SMILES string of the molecule is O=C(NCCCN1CCCCC1)c1ccc(Nc2nc(NCC(F)(F)F)c3ccnc-3[nH]2)cc1. The Morgan fingerprint density at radius 2 is 1.85 bits per heavy atom. The quantitative estimate of drug-likeness (QED) is 0.346. The lowest BCUT2D eigenvalue weighted by Gasteiger charge is -2.26. The molecule has 0 bridgehead atoms. The number of nitrogens with zero attached hydrogens (tertiary/aromatic N) is 3. The van der Waals surface area contributed by atoms with E-state index in [1.807, 2.05) is 0 Å². The molecule has 8 nitrogen and oxygen atoms in total. The number of nitrogens with one attached hydrogen (secondary N) is 4. The zero-order valence-corrected chi connectivity index (χ0v) is 18.7. The van der Waals surface area contributed by atoms with Gasteiger partial charge < -0.3 is 25.8 Å². The molecule has 1 fully saturated rings. The molecule has 4 rings (SSSR count). The number of alkyl halides is 3. The van der Waals surface area contributed by atoms with Gasteiger partial charge in [0.1, 0.15) is 18.2 Å². The fourth-order valence-corrected chi connectivity index (χ4v) is 3.95. The molecule has 0 atom stereocenters. The highest BCUT2D eigenvalue weighted by Gasteiger charge is 2.28. The largest absolute Gasteiger partial charge is 0.405 e. The lowest BCUT2D eigenvalue weighted by atomic mass is 10.1. The Hall–Kier alpha value is -3.34. The number of aromatic nitrogens is 3. The smallest absolute Gasteiger partial charge is 0.360 e. The van der Waals surface area contributed by atoms with Crippen molar-refractivity contribution in [1.82, 2.24) is 25.2 Å². The van der Waals surface area contributed by atoms with E-state index in [0.717, 1.165) is 26.1 Å². The summed E-state index contributed by atoms with van der Waals surface area (Å²) in [5.74, 6) is 0.566. The number of carbonyl (C=O) groups is 1. The average Bonchev–Trinajstić information content (AvgIpc) is 3.30. The van der Waals surface area contributed by atoms with Gasteiger partial charge >= 0.3 is 6.18 Å². The van der Waals surface area contributed by atoms with Gasteiger partial charge in [0, 0.05) is 24.0 Å². The Balaban J connectivity index is 1.32. The van der Waals surface area contributed by atoms with Crippen molar-refractivity contribution in [2.45, 2.75) is 31.9 Å². The van der Waals surface area contributed by atoms with E-state index in [2.05, 4.69) is 35.8 Å². The van der Waals surface area contributed by atoms with Crippen LogP contribution in [0.5, 0.6) is 0 Å². The number of carbonyl (C=O) groups excluding carboxylic acids is 1. The standard InChI is InChI=1S/C23H28F3N7O/c24-23(25,26)15-29-20-18-9-11-27-19(18)31-22(32-20)30-17-7-5-16(6-8-17)21(34)28-10-4-14-33-12-2-1-3-13-33/h5-9,11H,1-4,10,12-15H2,(H,28,34)(H3,27,29,30,31,32). The van der Waals surface area contributed by atoms with Crippen LogP contribution in [0.2, 0.25) is 0 Å². The van der Waals surface area contributed by atoms with Crippen LogP contribution in [0.15, 0.2) is 36.5 Å². The van der Waals surface area contributed by atoms with Gasteiger partial charge in [0.15, 0.2) is 0 Å². The minimum absolute atomic E-state index is 0.0756. The minimum atomic E-state index is -4.37. The fraction of sp³-hybridized carbons (Fsp3) is 0.435. The molecule has 3 aliphatic heterocycles. The Morgan fingerprint density at radius 3 is 2.59 bits per heavy atom. The van der Waals surface area contributed by atoms with Gasteiger partial charge in [-0.25, -0.2) is 4.98 Å². The number of piperidine rings is 1. The van der Waals surface area contributed by atoms with E-state index in [1.165, 1.54) is 25.5 Å². The predicted octanol–water partition coefficient (Wildman–Crippen LogP) is 4.23. The molecule has 182 valence electrons. The highest BCUT2D eigenvalue weighted by atomic mass is 19.4. The summed E-state index contributed by atoms with van der Waals surface area (Å²) in [6.45, 7) is 2.70. The first kappa shape index (κ1) is 23.8. The van der Waals surface area contributed by atoms with Gasteiger partial charge in [0.25, 0.3) is 5.91 Å². The molecular formula is C23H28F3N7O. The number of anilines is 3. The molecular weight excluding hydrogens is 447 g/mol. The number of likely N-dealkylation sites (tertiary alicyclic amines) is 1. The lowest BCUT2D eigenvalue weighted by Crippen LogP contribution is -2.33. The third-order valence-corrected chi connectivity index (χ3v) is 5.67. The van der Waals surface area contributed by atoms with Gasteiger partial charge in [-0.2, -0.15) is 18.2 Å². The Bertz CT molecular complexity index is 1050. The summed E-state index contributed by atoms with van der Waals surface area (Å²) in [5, 5.41) is 8.28. The molecule has 1 aromatic carbocycles. The second kappa shape index (κ2) is 10.7. The van der Waals surface area contributed by atoms with Crippen molar-refractivity contribution in [2.75, 3.05) is 43.4 Å². The summed E-state index contributed by atoms with van der Waals surface area (Å²) in [6, 6.07) is 8.38. The third-order valence-electron chi connectivity index (χ3n) is 5.67. The van der Waals surface area contributed by atoms with Gasteiger partial charge in [-0.05, 0) is 69.2 Å². The number of benzene rings is 1. The topological polar surface area (TPSA) is 98.0 Å². The number of amides is 1. The molecule has 11 heteroatoms. The minimum Gasteiger partial charge on any atom is -0.360 e. The molecule has 1 amide bonds. The Kier molecular flexibility index (Phi) is 7.51. The molecule has 0 saturated carbocycles. The van der Waals surface area contributed by atoms with Crippen LogP contribution in [0.25, 0.3) is 11.4 Å². The summed E-state index contributed by atoms with van der Waals surface area (Å²) in [5.41, 5.74) is 1.61. The molecule has 1 aromatic rings. The van der Waals surface area contributed by atoms with Crippen molar-refractivity contribution < 1.29 is 18.0 Å². The summed E-state index contributed by atoms with van der Waals surface area (Å²) in [6.07, 6.45) is 1.85. The Morgan fingerprint density at radius 1 is 1.09 bits per heavy atom. The van der Waals surface area contributed by atoms with Crippen molar-refractivity contribution in [3.63, 3.8) is 0 Å². The van der Waals surface area contributed by atoms with Crippen molar-refractivity contribution in [3.05, 3.63) is 42.1 Å². The van der Waals surface area contributed by atoms with E-state index in [-0.39, 0.29) is 17.7 Å². The first-order valence-electron chi connectivity index (χ1n) is 11.4. The molecule has 3 aliphatic rings. The van der Waals surface area contributed by atoms with Gasteiger partial charge in [-0.15, -0.1) is 0 Å². The van der Waals surface area contributed by atoms with E-state index in [0.29, 0.717) is 29.2 Å². The maximum absolute atomic E-state index is 12.6. The summed E-state index contributed by atoms with van der Waals surface area (Å²) >= 11 is 0. The van der Waals surface area contributed by atoms with E-state index >= 15 is 0 Å². The zero-order chi connectivity index (χ0) is 24.0. The number of hydrogen-bond donors (Lipinski definition) is 4. The first-order chi connectivity index (χ1) is 16.4. The number of rotatable bonds is 9. The highest BCUT2D eigenvalue weighted by Crippen LogP contribution is 2.29. The number of hydrogen-bond acceptors (Lipinski definition) is 6. The van der Waals surface area contributed by atoms with E-state index in [4.69, 9.17) is 0 Å². The van der Waals surface area contributed by atoms with Crippen LogP contribution >= 0.6 is 0 Å². The van der Waals surface area contributed by atoms with Gasteiger partial charge in [0.05, 0.1) is 5.56 Å². The van der Waals surface area contributed by atoms with Gasteiger partial charge in [-0.3, -0.25) is 4.79 Å². The molecule has 4 N–H and O–H groups in total. The second-order valence-electron chi connectivity index (χ2n) is 8.32. The van der Waals surface area contributed by atoms with Crippen LogP contribution in [0.1, 0.15) is 36.0 Å². The second-order valence-corrected chi connectivity index (χ2v) is 8.32. The van der Waals surface area contributed by atoms with Crippen LogP contribution in [0.3, 0.4) is 0 Å². The highest BCUT2D eigenvalue weighted by molar-refractivity contribution is 5.94. The van der Waals surface area contributed by atoms with Crippen LogP contribution in [-0.4, -0.2) is 64.7 Å². The van der Waals surface area contributed by atoms with Crippen molar-refractivity contribution in [3.8, 4) is 11.4 Å². The third kappa shape index (κ3) is 6.60. The van der Waals surface area contributed by atoms with Crippen LogP contribution in [-0.2, 0) is 0 Å². The van der Waals surface area contributed by atoms with E-state index in [1.54, 1.807) is 30.3 Å². The molecule has 0 aliphatic carbocycles. The monoisotopic (exact) mass is 475 g/mol. The molecule has 0 spiro atoms. The van der Waals surface area contributed by atoms with E-state index < -0.39 is 12.7 Å². The van der Waals surface area contributed by atoms with Gasteiger partial charge in [0.2, 0.25) is 5.95 Å². The molecule has 34 heavy (non-hydrogen) atoms. The molecule has 0 radical (unpaired) electrons. The van der Waals surface area contributed by atoms with Crippen LogP contribution in [0, 0.1) is 0 Å². The fourth-order valence-electron chi connectivity index (χ4n) is 3.95. The van der Waals surface area contributed by atoms with Crippen molar-refractivity contribution in [2.24, 2.45) is 0 Å². The summed E-state index contributed by atoms with van der Waals surface area (Å²) in [4.78, 5) is 26.1. The maximum Gasteiger partial charge on any atom is 0.405 e. The molecule has 0 aromatic heterocycles. The van der Waals surface area contributed by atoms with Crippen LogP contribution in [0.4, 0.5) is 30.6 Å². The number of H-pyrrole nitrogens is 1. The molecule has 1 saturated heterocycles.